The van der Waals surface area contributed by atoms with Crippen LogP contribution in [0.4, 0.5) is 0 Å². The zero-order chi connectivity index (χ0) is 14.2. The normalized spacial score (nSPS) is 19.6. The molecule has 21 heavy (non-hydrogen) atoms. The molecular weight excluding hydrogens is 278 g/mol. The molecule has 1 aliphatic heterocycles. The van der Waals surface area contributed by atoms with Crippen LogP contribution in [0.2, 0.25) is 0 Å². The van der Waals surface area contributed by atoms with Crippen LogP contribution in [-0.2, 0) is 13.6 Å². The summed E-state index contributed by atoms with van der Waals surface area (Å²) in [6, 6.07) is 13.4. The van der Waals surface area contributed by atoms with Crippen LogP contribution in [0.15, 0.2) is 42.6 Å². The molecule has 108 valence electrons. The molecule has 4 rings (SSSR count). The molecule has 1 aromatic carbocycles. The van der Waals surface area contributed by atoms with Crippen molar-refractivity contribution in [2.24, 2.45) is 7.05 Å². The average molecular weight is 297 g/mol. The number of nitrogens with zero attached hydrogens (tertiary/aromatic N) is 3. The van der Waals surface area contributed by atoms with E-state index in [4.69, 9.17) is 4.98 Å². The van der Waals surface area contributed by atoms with Gasteiger partial charge in [-0.2, -0.15) is 0 Å². The highest BCUT2D eigenvalue weighted by atomic mass is 32.1. The molecule has 0 saturated carbocycles. The van der Waals surface area contributed by atoms with Crippen LogP contribution >= 0.6 is 11.3 Å². The van der Waals surface area contributed by atoms with Crippen molar-refractivity contribution in [3.05, 3.63) is 53.3 Å². The van der Waals surface area contributed by atoms with Crippen LogP contribution < -0.4 is 0 Å². The molecule has 1 atom stereocenters. The first-order valence-corrected chi connectivity index (χ1v) is 8.32. The Hall–Kier alpha value is -1.65. The minimum Gasteiger partial charge on any atom is -0.353 e. The van der Waals surface area contributed by atoms with Gasteiger partial charge in [0.25, 0.3) is 0 Å². The molecule has 3 aromatic rings. The number of rotatable bonds is 3. The number of likely N-dealkylation sites (tertiary alicyclic amines) is 1. The van der Waals surface area contributed by atoms with E-state index in [2.05, 4.69) is 59.1 Å². The fourth-order valence-electron chi connectivity index (χ4n) is 3.33. The fraction of sp³-hybridized carbons (Fsp3) is 0.353. The third kappa shape index (κ3) is 2.39. The van der Waals surface area contributed by atoms with E-state index in [-0.39, 0.29) is 0 Å². The van der Waals surface area contributed by atoms with Crippen molar-refractivity contribution in [2.75, 3.05) is 6.54 Å². The number of para-hydroxylation sites is 1. The Balaban J connectivity index is 1.59. The molecule has 4 heteroatoms. The summed E-state index contributed by atoms with van der Waals surface area (Å²) in [5, 5.41) is 1.23. The lowest BCUT2D eigenvalue weighted by Gasteiger charge is -2.24. The highest BCUT2D eigenvalue weighted by Crippen LogP contribution is 2.34. The molecule has 1 aliphatic rings. The van der Waals surface area contributed by atoms with Crippen LogP contribution in [-0.4, -0.2) is 21.0 Å². The van der Waals surface area contributed by atoms with E-state index in [9.17, 15) is 0 Å². The largest absolute Gasteiger partial charge is 0.353 e. The number of thiazole rings is 1. The second-order valence-electron chi connectivity index (χ2n) is 5.75. The number of hydrogen-bond acceptors (Lipinski definition) is 3. The van der Waals surface area contributed by atoms with Crippen molar-refractivity contribution in [3.63, 3.8) is 0 Å². The third-order valence-corrected chi connectivity index (χ3v) is 5.39. The van der Waals surface area contributed by atoms with Crippen LogP contribution in [0.25, 0.3) is 10.2 Å². The van der Waals surface area contributed by atoms with E-state index in [0.29, 0.717) is 6.04 Å². The molecule has 0 bridgehead atoms. The maximum absolute atomic E-state index is 4.78. The van der Waals surface area contributed by atoms with Gasteiger partial charge in [-0.05, 0) is 43.7 Å². The number of fused-ring (bicyclic) bond motifs is 1. The van der Waals surface area contributed by atoms with Crippen molar-refractivity contribution in [3.8, 4) is 0 Å². The van der Waals surface area contributed by atoms with Gasteiger partial charge in [0.15, 0.2) is 0 Å². The molecule has 3 nitrogen and oxygen atoms in total. The van der Waals surface area contributed by atoms with Gasteiger partial charge in [-0.1, -0.05) is 12.1 Å². The first kappa shape index (κ1) is 13.0. The van der Waals surface area contributed by atoms with E-state index in [0.717, 1.165) is 12.1 Å². The van der Waals surface area contributed by atoms with Crippen LogP contribution in [0.3, 0.4) is 0 Å². The summed E-state index contributed by atoms with van der Waals surface area (Å²) in [6.07, 6.45) is 4.67. The summed E-state index contributed by atoms with van der Waals surface area (Å²) in [7, 11) is 2.14. The van der Waals surface area contributed by atoms with E-state index in [1.807, 2.05) is 11.3 Å². The first-order valence-electron chi connectivity index (χ1n) is 7.51. The van der Waals surface area contributed by atoms with Crippen molar-refractivity contribution < 1.29 is 0 Å². The van der Waals surface area contributed by atoms with Crippen LogP contribution in [0.1, 0.15) is 29.6 Å². The molecule has 1 saturated heterocycles. The van der Waals surface area contributed by atoms with Crippen molar-refractivity contribution in [2.45, 2.75) is 25.4 Å². The zero-order valence-corrected chi connectivity index (χ0v) is 13.0. The van der Waals surface area contributed by atoms with Crippen molar-refractivity contribution in [1.82, 2.24) is 14.5 Å². The van der Waals surface area contributed by atoms with E-state index in [1.54, 1.807) is 0 Å². The number of aromatic nitrogens is 2. The summed E-state index contributed by atoms with van der Waals surface area (Å²) < 4.78 is 3.54. The molecule has 0 N–H and O–H groups in total. The predicted octanol–water partition coefficient (Wildman–Crippen LogP) is 3.97. The highest BCUT2D eigenvalue weighted by Gasteiger charge is 2.28. The molecule has 2 aromatic heterocycles. The minimum atomic E-state index is 0.539. The predicted molar refractivity (Wildman–Crippen MR) is 87.4 cm³/mol. The molecule has 1 unspecified atom stereocenters. The standard InChI is InChI=1S/C17H19N3S/c1-19-10-4-7-14(19)15-8-5-11-20(15)12-17-18-13-6-2-3-9-16(13)21-17/h2-4,6-7,9-10,15H,5,8,11-12H2,1H3. The molecule has 3 heterocycles. The van der Waals surface area contributed by atoms with Gasteiger partial charge >= 0.3 is 0 Å². The Morgan fingerprint density at radius 3 is 2.95 bits per heavy atom. The third-order valence-electron chi connectivity index (χ3n) is 4.37. The Morgan fingerprint density at radius 2 is 2.14 bits per heavy atom. The van der Waals surface area contributed by atoms with E-state index in [1.165, 1.54) is 34.8 Å². The Morgan fingerprint density at radius 1 is 1.24 bits per heavy atom. The first-order chi connectivity index (χ1) is 10.3. The van der Waals surface area contributed by atoms with Gasteiger partial charge in [0.1, 0.15) is 5.01 Å². The van der Waals surface area contributed by atoms with Gasteiger partial charge in [-0.25, -0.2) is 4.98 Å². The Bertz CT molecular complexity index is 725. The second-order valence-corrected chi connectivity index (χ2v) is 6.86. The van der Waals surface area contributed by atoms with Gasteiger partial charge in [0.05, 0.1) is 22.8 Å². The zero-order valence-electron chi connectivity index (χ0n) is 12.2. The lowest BCUT2D eigenvalue weighted by atomic mass is 10.1. The molecule has 0 radical (unpaired) electrons. The summed E-state index contributed by atoms with van der Waals surface area (Å²) in [5.41, 5.74) is 2.56. The monoisotopic (exact) mass is 297 g/mol. The Kier molecular flexibility index (Phi) is 3.28. The maximum atomic E-state index is 4.78. The van der Waals surface area contributed by atoms with Gasteiger partial charge in [0, 0.05) is 18.9 Å². The molecule has 0 amide bonds. The number of benzene rings is 1. The Labute approximate surface area is 128 Å². The summed E-state index contributed by atoms with van der Waals surface area (Å²) in [4.78, 5) is 7.36. The maximum Gasteiger partial charge on any atom is 0.108 e. The van der Waals surface area contributed by atoms with Gasteiger partial charge in [-0.3, -0.25) is 4.90 Å². The van der Waals surface area contributed by atoms with E-state index < -0.39 is 0 Å². The molecule has 1 fully saturated rings. The highest BCUT2D eigenvalue weighted by molar-refractivity contribution is 7.18. The quantitative estimate of drug-likeness (QED) is 0.729. The van der Waals surface area contributed by atoms with Crippen molar-refractivity contribution in [1.29, 1.82) is 0 Å². The van der Waals surface area contributed by atoms with Gasteiger partial charge < -0.3 is 4.57 Å². The topological polar surface area (TPSA) is 21.1 Å². The van der Waals surface area contributed by atoms with Gasteiger partial charge in [-0.15, -0.1) is 11.3 Å². The average Bonchev–Trinajstić information content (AvgIpc) is 3.17. The van der Waals surface area contributed by atoms with Crippen LogP contribution in [0.5, 0.6) is 0 Å². The smallest absolute Gasteiger partial charge is 0.108 e. The molecule has 0 aliphatic carbocycles. The number of hydrogen-bond donors (Lipinski definition) is 0. The lowest BCUT2D eigenvalue weighted by Crippen LogP contribution is -2.24. The SMILES string of the molecule is Cn1cccc1C1CCCN1Cc1nc2ccccc2s1. The minimum absolute atomic E-state index is 0.539. The summed E-state index contributed by atoms with van der Waals surface area (Å²) in [5.74, 6) is 0. The summed E-state index contributed by atoms with van der Waals surface area (Å²) in [6.45, 7) is 2.14. The van der Waals surface area contributed by atoms with E-state index >= 15 is 0 Å². The molecule has 0 spiro atoms. The number of aryl methyl sites for hydroxylation is 1. The molecular formula is C17H19N3S. The lowest BCUT2D eigenvalue weighted by molar-refractivity contribution is 0.241. The van der Waals surface area contributed by atoms with Gasteiger partial charge in [0.2, 0.25) is 0 Å². The van der Waals surface area contributed by atoms with Crippen LogP contribution in [0, 0.1) is 0 Å². The fourth-order valence-corrected chi connectivity index (χ4v) is 4.33. The second kappa shape index (κ2) is 5.28. The summed E-state index contributed by atoms with van der Waals surface area (Å²) >= 11 is 1.83. The van der Waals surface area contributed by atoms with Crippen molar-refractivity contribution >= 4 is 21.6 Å².